The summed E-state index contributed by atoms with van der Waals surface area (Å²) in [5.41, 5.74) is 3.02. The molecule has 0 saturated heterocycles. The molecule has 4 nitrogen and oxygen atoms in total. The average Bonchev–Trinajstić information content (AvgIpc) is 2.76. The molecule has 0 unspecified atom stereocenters. The number of H-pyrrole nitrogens is 1. The van der Waals surface area contributed by atoms with Gasteiger partial charge in [-0.1, -0.05) is 0 Å². The fourth-order valence-electron chi connectivity index (χ4n) is 1.53. The maximum absolute atomic E-state index is 9.19. The summed E-state index contributed by atoms with van der Waals surface area (Å²) in [4.78, 5) is 0. The van der Waals surface area contributed by atoms with Crippen LogP contribution in [0.1, 0.15) is 5.69 Å². The highest BCUT2D eigenvalue weighted by Crippen LogP contribution is 2.20. The van der Waals surface area contributed by atoms with Crippen molar-refractivity contribution in [1.82, 2.24) is 15.5 Å². The number of benzene rings is 1. The molecule has 1 aromatic carbocycles. The van der Waals surface area contributed by atoms with Crippen LogP contribution < -0.4 is 5.32 Å². The Morgan fingerprint density at radius 2 is 2.06 bits per heavy atom. The summed E-state index contributed by atoms with van der Waals surface area (Å²) in [5.74, 6) is 0.273. The van der Waals surface area contributed by atoms with Crippen LogP contribution in [0.3, 0.4) is 0 Å². The number of likely N-dealkylation sites (N-methyl/N-ethyl adjacent to an activating group) is 1. The molecule has 0 atom stereocenters. The molecule has 0 aliphatic carbocycles. The normalized spacial score (nSPS) is 10.6. The highest BCUT2D eigenvalue weighted by atomic mass is 16.3. The molecule has 3 N–H and O–H groups in total. The van der Waals surface area contributed by atoms with Crippen LogP contribution in [-0.2, 0) is 6.42 Å². The van der Waals surface area contributed by atoms with E-state index in [1.54, 1.807) is 12.1 Å². The summed E-state index contributed by atoms with van der Waals surface area (Å²) in [6, 6.07) is 9.07. The van der Waals surface area contributed by atoms with Crippen molar-refractivity contribution < 1.29 is 5.11 Å². The van der Waals surface area contributed by atoms with Crippen molar-refractivity contribution in [2.45, 2.75) is 6.42 Å². The van der Waals surface area contributed by atoms with Gasteiger partial charge < -0.3 is 10.4 Å². The summed E-state index contributed by atoms with van der Waals surface area (Å²) in [6.45, 7) is 0.928. The van der Waals surface area contributed by atoms with Gasteiger partial charge in [-0.3, -0.25) is 5.10 Å². The molecule has 2 aromatic rings. The van der Waals surface area contributed by atoms with E-state index in [4.69, 9.17) is 0 Å². The van der Waals surface area contributed by atoms with Gasteiger partial charge in [0.05, 0.1) is 5.69 Å². The Morgan fingerprint density at radius 3 is 2.75 bits per heavy atom. The van der Waals surface area contributed by atoms with Gasteiger partial charge in [0.15, 0.2) is 0 Å². The second-order valence-electron chi connectivity index (χ2n) is 3.68. The number of aromatic hydroxyl groups is 1. The monoisotopic (exact) mass is 217 g/mol. The molecule has 1 aromatic heterocycles. The lowest BCUT2D eigenvalue weighted by molar-refractivity contribution is 0.475. The molecular weight excluding hydrogens is 202 g/mol. The lowest BCUT2D eigenvalue weighted by atomic mass is 10.1. The number of aromatic nitrogens is 2. The van der Waals surface area contributed by atoms with E-state index < -0.39 is 0 Å². The van der Waals surface area contributed by atoms with E-state index in [9.17, 15) is 5.11 Å². The van der Waals surface area contributed by atoms with Crippen LogP contribution in [0.5, 0.6) is 5.75 Å². The molecular formula is C12H15N3O. The van der Waals surface area contributed by atoms with Crippen molar-refractivity contribution in [1.29, 1.82) is 0 Å². The van der Waals surface area contributed by atoms with E-state index in [1.165, 1.54) is 0 Å². The third kappa shape index (κ3) is 2.41. The predicted octanol–water partition coefficient (Wildman–Crippen LogP) is 1.54. The molecule has 0 bridgehead atoms. The molecule has 16 heavy (non-hydrogen) atoms. The molecule has 0 spiro atoms. The highest BCUT2D eigenvalue weighted by Gasteiger charge is 2.03. The van der Waals surface area contributed by atoms with Crippen LogP contribution >= 0.6 is 0 Å². The van der Waals surface area contributed by atoms with E-state index >= 15 is 0 Å². The predicted molar refractivity (Wildman–Crippen MR) is 63.3 cm³/mol. The lowest BCUT2D eigenvalue weighted by Crippen LogP contribution is -2.10. The van der Waals surface area contributed by atoms with E-state index in [1.807, 2.05) is 25.2 Å². The highest BCUT2D eigenvalue weighted by molar-refractivity contribution is 5.60. The first-order chi connectivity index (χ1) is 7.79. The van der Waals surface area contributed by atoms with Crippen LogP contribution in [0.4, 0.5) is 0 Å². The van der Waals surface area contributed by atoms with Crippen molar-refractivity contribution >= 4 is 0 Å². The number of nitrogens with zero attached hydrogens (tertiary/aromatic N) is 1. The fraction of sp³-hybridized carbons (Fsp3) is 0.250. The Hall–Kier alpha value is -1.81. The zero-order valence-corrected chi connectivity index (χ0v) is 9.20. The van der Waals surface area contributed by atoms with Gasteiger partial charge in [-0.2, -0.15) is 5.10 Å². The summed E-state index contributed by atoms with van der Waals surface area (Å²) in [5, 5.41) is 19.5. The lowest BCUT2D eigenvalue weighted by Gasteiger charge is -1.96. The molecule has 1 heterocycles. The van der Waals surface area contributed by atoms with Crippen molar-refractivity contribution in [3.63, 3.8) is 0 Å². The molecule has 0 fully saturated rings. The molecule has 0 saturated carbocycles. The first-order valence-corrected chi connectivity index (χ1v) is 5.28. The van der Waals surface area contributed by atoms with Gasteiger partial charge in [-0.05, 0) is 37.4 Å². The number of phenols is 1. The van der Waals surface area contributed by atoms with Crippen molar-refractivity contribution in [3.8, 4) is 17.0 Å². The van der Waals surface area contributed by atoms with Gasteiger partial charge in [-0.25, -0.2) is 0 Å². The van der Waals surface area contributed by atoms with Gasteiger partial charge in [0, 0.05) is 24.2 Å². The Kier molecular flexibility index (Phi) is 3.22. The average molecular weight is 217 g/mol. The summed E-state index contributed by atoms with van der Waals surface area (Å²) < 4.78 is 0. The van der Waals surface area contributed by atoms with E-state index in [0.29, 0.717) is 0 Å². The molecule has 0 radical (unpaired) electrons. The summed E-state index contributed by atoms with van der Waals surface area (Å²) in [7, 11) is 1.93. The third-order valence-electron chi connectivity index (χ3n) is 2.44. The van der Waals surface area contributed by atoms with Crippen LogP contribution in [0.25, 0.3) is 11.3 Å². The van der Waals surface area contributed by atoms with Gasteiger partial charge in [0.25, 0.3) is 0 Å². The minimum absolute atomic E-state index is 0.273. The van der Waals surface area contributed by atoms with Crippen LogP contribution in [-0.4, -0.2) is 28.9 Å². The zero-order chi connectivity index (χ0) is 11.4. The maximum atomic E-state index is 9.19. The molecule has 4 heteroatoms. The maximum Gasteiger partial charge on any atom is 0.115 e. The first-order valence-electron chi connectivity index (χ1n) is 5.28. The minimum Gasteiger partial charge on any atom is -0.508 e. The second kappa shape index (κ2) is 4.81. The number of rotatable bonds is 4. The molecule has 0 amide bonds. The SMILES string of the molecule is CNCCc1cc(-c2ccc(O)cc2)n[nH]1. The second-order valence-corrected chi connectivity index (χ2v) is 3.68. The van der Waals surface area contributed by atoms with E-state index in [-0.39, 0.29) is 5.75 Å². The molecule has 84 valence electrons. The molecule has 0 aliphatic heterocycles. The Bertz CT molecular complexity index is 448. The van der Waals surface area contributed by atoms with Gasteiger partial charge in [0.1, 0.15) is 5.75 Å². The Balaban J connectivity index is 2.15. The minimum atomic E-state index is 0.273. The smallest absolute Gasteiger partial charge is 0.115 e. The quantitative estimate of drug-likeness (QED) is 0.728. The molecule has 0 aliphatic rings. The standard InChI is InChI=1S/C12H15N3O/c1-13-7-6-10-8-12(15-14-10)9-2-4-11(16)5-3-9/h2-5,8,13,16H,6-7H2,1H3,(H,14,15). The van der Waals surface area contributed by atoms with Crippen molar-refractivity contribution in [3.05, 3.63) is 36.0 Å². The molecule has 2 rings (SSSR count). The van der Waals surface area contributed by atoms with Crippen LogP contribution in [0, 0.1) is 0 Å². The number of aromatic amines is 1. The number of hydrogen-bond donors (Lipinski definition) is 3. The topological polar surface area (TPSA) is 60.9 Å². The number of hydrogen-bond acceptors (Lipinski definition) is 3. The first kappa shape index (κ1) is 10.7. The van der Waals surface area contributed by atoms with Crippen LogP contribution in [0.15, 0.2) is 30.3 Å². The van der Waals surface area contributed by atoms with Gasteiger partial charge in [-0.15, -0.1) is 0 Å². The summed E-state index contributed by atoms with van der Waals surface area (Å²) in [6.07, 6.45) is 0.932. The van der Waals surface area contributed by atoms with E-state index in [2.05, 4.69) is 15.5 Å². The fourth-order valence-corrected chi connectivity index (χ4v) is 1.53. The third-order valence-corrected chi connectivity index (χ3v) is 2.44. The Morgan fingerprint density at radius 1 is 1.31 bits per heavy atom. The largest absolute Gasteiger partial charge is 0.508 e. The van der Waals surface area contributed by atoms with Crippen molar-refractivity contribution in [2.75, 3.05) is 13.6 Å². The van der Waals surface area contributed by atoms with Gasteiger partial charge >= 0.3 is 0 Å². The zero-order valence-electron chi connectivity index (χ0n) is 9.20. The van der Waals surface area contributed by atoms with E-state index in [0.717, 1.165) is 29.9 Å². The van der Waals surface area contributed by atoms with Crippen molar-refractivity contribution in [2.24, 2.45) is 0 Å². The number of nitrogens with one attached hydrogen (secondary N) is 2. The van der Waals surface area contributed by atoms with Crippen LogP contribution in [0.2, 0.25) is 0 Å². The Labute approximate surface area is 94.3 Å². The summed E-state index contributed by atoms with van der Waals surface area (Å²) >= 11 is 0. The number of phenolic OH excluding ortho intramolecular Hbond substituents is 1. The van der Waals surface area contributed by atoms with Gasteiger partial charge in [0.2, 0.25) is 0 Å².